The van der Waals surface area contributed by atoms with Gasteiger partial charge in [-0.2, -0.15) is 0 Å². The molecule has 60 valence electrons. The molecule has 12 heavy (non-hydrogen) atoms. The number of hydrogen-bond acceptors (Lipinski definition) is 2. The lowest BCUT2D eigenvalue weighted by Gasteiger charge is -1.98. The zero-order valence-electron chi connectivity index (χ0n) is 5.96. The van der Waals surface area contributed by atoms with E-state index < -0.39 is 0 Å². The third-order valence-electron chi connectivity index (χ3n) is 1.51. The zero-order chi connectivity index (χ0) is 8.55. The summed E-state index contributed by atoms with van der Waals surface area (Å²) in [5.41, 5.74) is 0.764. The van der Waals surface area contributed by atoms with Crippen molar-refractivity contribution >= 4 is 45.1 Å². The van der Waals surface area contributed by atoms with E-state index in [0.29, 0.717) is 5.15 Å². The fraction of sp³-hybridized carbons (Fsp3) is 0. The van der Waals surface area contributed by atoms with Crippen LogP contribution >= 0.6 is 34.2 Å². The van der Waals surface area contributed by atoms with Crippen molar-refractivity contribution in [3.63, 3.8) is 0 Å². The Labute approximate surface area is 88.1 Å². The molecule has 0 bridgehead atoms. The minimum atomic E-state index is 0.470. The van der Waals surface area contributed by atoms with Crippen LogP contribution in [0.5, 0.6) is 0 Å². The first-order valence-electron chi connectivity index (χ1n) is 3.34. The second-order valence-electron chi connectivity index (χ2n) is 2.31. The van der Waals surface area contributed by atoms with Crippen molar-refractivity contribution in [2.75, 3.05) is 0 Å². The Kier molecular flexibility index (Phi) is 2.14. The molecular weight excluding hydrogens is 286 g/mol. The molecule has 0 aliphatic heterocycles. The van der Waals surface area contributed by atoms with Gasteiger partial charge in [-0.3, -0.25) is 4.98 Å². The van der Waals surface area contributed by atoms with Crippen LogP contribution in [0.3, 0.4) is 0 Å². The van der Waals surface area contributed by atoms with Gasteiger partial charge in [-0.15, -0.1) is 0 Å². The van der Waals surface area contributed by atoms with Crippen molar-refractivity contribution in [3.8, 4) is 0 Å². The summed E-state index contributed by atoms with van der Waals surface area (Å²) in [5, 5.41) is 1.50. The molecule has 0 fully saturated rings. The fourth-order valence-electron chi connectivity index (χ4n) is 1.01. The van der Waals surface area contributed by atoms with Gasteiger partial charge < -0.3 is 0 Å². The van der Waals surface area contributed by atoms with Crippen LogP contribution < -0.4 is 0 Å². The van der Waals surface area contributed by atoms with Gasteiger partial charge in [0.25, 0.3) is 0 Å². The Balaban J connectivity index is 2.89. The van der Waals surface area contributed by atoms with E-state index in [2.05, 4.69) is 32.6 Å². The van der Waals surface area contributed by atoms with Gasteiger partial charge in [0.1, 0.15) is 9.22 Å². The number of aromatic nitrogens is 2. The van der Waals surface area contributed by atoms with Gasteiger partial charge in [0.2, 0.25) is 0 Å². The van der Waals surface area contributed by atoms with Crippen LogP contribution in [0.4, 0.5) is 0 Å². The molecule has 0 amide bonds. The maximum absolute atomic E-state index is 5.88. The molecule has 0 saturated heterocycles. The van der Waals surface area contributed by atoms with E-state index in [1.807, 2.05) is 18.2 Å². The summed E-state index contributed by atoms with van der Waals surface area (Å²) in [6.07, 6.45) is 1.71. The van der Waals surface area contributed by atoms with Crippen LogP contribution in [0.25, 0.3) is 10.9 Å². The van der Waals surface area contributed by atoms with Gasteiger partial charge in [-0.1, -0.05) is 17.7 Å². The number of hydrogen-bond donors (Lipinski definition) is 0. The summed E-state index contributed by atoms with van der Waals surface area (Å²) in [6, 6.07) is 5.81. The molecule has 2 nitrogen and oxygen atoms in total. The molecule has 2 rings (SSSR count). The predicted octanol–water partition coefficient (Wildman–Crippen LogP) is 2.89. The second kappa shape index (κ2) is 3.14. The normalized spacial score (nSPS) is 10.5. The Bertz CT molecular complexity index is 430. The fourth-order valence-corrected chi connectivity index (χ4v) is 1.98. The highest BCUT2D eigenvalue weighted by Gasteiger charge is 2.01. The molecule has 0 radical (unpaired) electrons. The van der Waals surface area contributed by atoms with E-state index in [1.54, 1.807) is 6.20 Å². The smallest absolute Gasteiger partial charge is 0.156 e. The van der Waals surface area contributed by atoms with Gasteiger partial charge in [-0.05, 0) is 34.7 Å². The molecule has 0 aliphatic rings. The molecule has 0 aliphatic carbocycles. The van der Waals surface area contributed by atoms with Crippen molar-refractivity contribution in [3.05, 3.63) is 33.2 Å². The maximum atomic E-state index is 5.88. The van der Waals surface area contributed by atoms with E-state index >= 15 is 0 Å². The molecule has 2 aromatic rings. The third kappa shape index (κ3) is 1.38. The van der Waals surface area contributed by atoms with Crippen molar-refractivity contribution < 1.29 is 0 Å². The quantitative estimate of drug-likeness (QED) is 0.551. The molecule has 2 heterocycles. The largest absolute Gasteiger partial charge is 0.253 e. The number of nitrogens with zero attached hydrogens (tertiary/aromatic N) is 2. The van der Waals surface area contributed by atoms with E-state index in [9.17, 15) is 0 Å². The summed E-state index contributed by atoms with van der Waals surface area (Å²) in [7, 11) is 0. The predicted molar refractivity (Wildman–Crippen MR) is 57.3 cm³/mol. The number of fused-ring (bicyclic) bond motifs is 1. The van der Waals surface area contributed by atoms with Crippen molar-refractivity contribution in [2.24, 2.45) is 0 Å². The highest BCUT2D eigenvalue weighted by molar-refractivity contribution is 14.1. The van der Waals surface area contributed by atoms with Crippen LogP contribution in [-0.4, -0.2) is 9.97 Å². The molecule has 0 spiro atoms. The molecule has 0 aromatic carbocycles. The standard InChI is InChI=1S/C8H4ClIN2/c9-8-7-5(2-1-3-11-7)4-6(10)12-8/h1-4H. The molecule has 0 unspecified atom stereocenters. The monoisotopic (exact) mass is 290 g/mol. The SMILES string of the molecule is Clc1nc(I)cc2cccnc12. The lowest BCUT2D eigenvalue weighted by atomic mass is 10.3. The van der Waals surface area contributed by atoms with Gasteiger partial charge in [0, 0.05) is 11.6 Å². The average molecular weight is 290 g/mol. The summed E-state index contributed by atoms with van der Waals surface area (Å²) < 4.78 is 0.887. The summed E-state index contributed by atoms with van der Waals surface area (Å²) in [5.74, 6) is 0. The van der Waals surface area contributed by atoms with Crippen LogP contribution in [0.1, 0.15) is 0 Å². The summed E-state index contributed by atoms with van der Waals surface area (Å²) in [4.78, 5) is 8.22. The van der Waals surface area contributed by atoms with E-state index in [4.69, 9.17) is 11.6 Å². The van der Waals surface area contributed by atoms with E-state index in [1.165, 1.54) is 0 Å². The Morgan fingerprint density at radius 3 is 3.08 bits per heavy atom. The summed E-state index contributed by atoms with van der Waals surface area (Å²) >= 11 is 8.01. The first-order valence-corrected chi connectivity index (χ1v) is 4.80. The first-order chi connectivity index (χ1) is 5.77. The molecule has 0 N–H and O–H groups in total. The minimum absolute atomic E-state index is 0.470. The maximum Gasteiger partial charge on any atom is 0.156 e. The highest BCUT2D eigenvalue weighted by atomic mass is 127. The van der Waals surface area contributed by atoms with Crippen LogP contribution in [0, 0.1) is 3.70 Å². The van der Waals surface area contributed by atoms with Crippen molar-refractivity contribution in [1.82, 2.24) is 9.97 Å². The van der Waals surface area contributed by atoms with E-state index in [0.717, 1.165) is 14.6 Å². The molecule has 4 heteroatoms. The van der Waals surface area contributed by atoms with E-state index in [-0.39, 0.29) is 0 Å². The number of halogens is 2. The topological polar surface area (TPSA) is 25.8 Å². The van der Waals surface area contributed by atoms with Crippen molar-refractivity contribution in [2.45, 2.75) is 0 Å². The molecule has 0 saturated carbocycles. The van der Waals surface area contributed by atoms with Crippen LogP contribution in [-0.2, 0) is 0 Å². The third-order valence-corrected chi connectivity index (χ3v) is 2.33. The second-order valence-corrected chi connectivity index (χ2v) is 3.77. The van der Waals surface area contributed by atoms with Crippen LogP contribution in [0.15, 0.2) is 24.4 Å². The lowest BCUT2D eigenvalue weighted by molar-refractivity contribution is 1.27. The Morgan fingerprint density at radius 1 is 1.42 bits per heavy atom. The Morgan fingerprint density at radius 2 is 2.25 bits per heavy atom. The van der Waals surface area contributed by atoms with Gasteiger partial charge in [-0.25, -0.2) is 4.98 Å². The van der Waals surface area contributed by atoms with Gasteiger partial charge in [0.05, 0.1) is 0 Å². The number of pyridine rings is 2. The average Bonchev–Trinajstić information content (AvgIpc) is 2.04. The molecular formula is C8H4ClIN2. The van der Waals surface area contributed by atoms with Gasteiger partial charge in [0.15, 0.2) is 5.15 Å². The zero-order valence-corrected chi connectivity index (χ0v) is 8.87. The lowest BCUT2D eigenvalue weighted by Crippen LogP contribution is -1.85. The minimum Gasteiger partial charge on any atom is -0.253 e. The first kappa shape index (κ1) is 8.19. The molecule has 2 aromatic heterocycles. The molecule has 0 atom stereocenters. The van der Waals surface area contributed by atoms with Crippen molar-refractivity contribution in [1.29, 1.82) is 0 Å². The van der Waals surface area contributed by atoms with Gasteiger partial charge >= 0.3 is 0 Å². The highest BCUT2D eigenvalue weighted by Crippen LogP contribution is 2.20. The number of rotatable bonds is 0. The summed E-state index contributed by atoms with van der Waals surface area (Å²) in [6.45, 7) is 0. The Hall–Kier alpha value is -0.420. The van der Waals surface area contributed by atoms with Crippen LogP contribution in [0.2, 0.25) is 5.15 Å².